The second-order valence-electron chi connectivity index (χ2n) is 7.07. The van der Waals surface area contributed by atoms with Gasteiger partial charge < -0.3 is 9.64 Å². The summed E-state index contributed by atoms with van der Waals surface area (Å²) in [4.78, 5) is 18.9. The Kier molecular flexibility index (Phi) is 3.77. The van der Waals surface area contributed by atoms with E-state index >= 15 is 0 Å². The molecule has 4 nitrogen and oxygen atoms in total. The van der Waals surface area contributed by atoms with Crippen molar-refractivity contribution >= 4 is 5.91 Å². The Morgan fingerprint density at radius 1 is 1.18 bits per heavy atom. The smallest absolute Gasteiger partial charge is 0.225 e. The van der Waals surface area contributed by atoms with Crippen molar-refractivity contribution in [2.75, 3.05) is 13.1 Å². The third-order valence-electron chi connectivity index (χ3n) is 5.73. The van der Waals surface area contributed by atoms with Gasteiger partial charge in [-0.25, -0.2) is 0 Å². The molecule has 0 bridgehead atoms. The van der Waals surface area contributed by atoms with Gasteiger partial charge in [-0.3, -0.25) is 9.78 Å². The number of hydrogen-bond donors (Lipinski definition) is 0. The normalized spacial score (nSPS) is 31.5. The molecule has 0 spiro atoms. The van der Waals surface area contributed by atoms with Crippen LogP contribution in [-0.4, -0.2) is 35.0 Å². The van der Waals surface area contributed by atoms with Gasteiger partial charge >= 0.3 is 0 Å². The fourth-order valence-electron chi connectivity index (χ4n) is 4.56. The number of ether oxygens (including phenoxy) is 1. The highest BCUT2D eigenvalue weighted by Crippen LogP contribution is 2.41. The van der Waals surface area contributed by atoms with Crippen LogP contribution in [0.4, 0.5) is 0 Å². The SMILES string of the molecule is O=C(C1CCCC1)N1C[C@H]2CC[C@@H](Oc3cccnc3)[C@H]2C1. The van der Waals surface area contributed by atoms with Crippen molar-refractivity contribution in [3.63, 3.8) is 0 Å². The Hall–Kier alpha value is -1.58. The van der Waals surface area contributed by atoms with E-state index in [1.165, 1.54) is 19.3 Å². The monoisotopic (exact) mass is 300 g/mol. The molecule has 118 valence electrons. The first-order chi connectivity index (χ1) is 10.8. The quantitative estimate of drug-likeness (QED) is 0.862. The number of amides is 1. The Balaban J connectivity index is 1.39. The van der Waals surface area contributed by atoms with Crippen molar-refractivity contribution in [1.29, 1.82) is 0 Å². The lowest BCUT2D eigenvalue weighted by Gasteiger charge is -2.23. The zero-order valence-electron chi connectivity index (χ0n) is 13.0. The second-order valence-corrected chi connectivity index (χ2v) is 7.07. The van der Waals surface area contributed by atoms with Gasteiger partial charge in [-0.05, 0) is 43.7 Å². The summed E-state index contributed by atoms with van der Waals surface area (Å²) < 4.78 is 6.14. The van der Waals surface area contributed by atoms with E-state index in [-0.39, 0.29) is 6.10 Å². The number of fused-ring (bicyclic) bond motifs is 1. The molecule has 1 aliphatic heterocycles. The van der Waals surface area contributed by atoms with E-state index in [1.54, 1.807) is 12.4 Å². The van der Waals surface area contributed by atoms with Crippen LogP contribution in [0.25, 0.3) is 0 Å². The van der Waals surface area contributed by atoms with Crippen LogP contribution >= 0.6 is 0 Å². The second kappa shape index (κ2) is 5.90. The molecule has 3 aliphatic rings. The molecule has 1 aromatic rings. The van der Waals surface area contributed by atoms with Crippen molar-refractivity contribution in [1.82, 2.24) is 9.88 Å². The molecule has 0 N–H and O–H groups in total. The molecule has 3 atom stereocenters. The number of likely N-dealkylation sites (tertiary alicyclic amines) is 1. The summed E-state index contributed by atoms with van der Waals surface area (Å²) in [5.41, 5.74) is 0. The minimum atomic E-state index is 0.246. The third kappa shape index (κ3) is 2.59. The Bertz CT molecular complexity index is 527. The molecular weight excluding hydrogens is 276 g/mol. The lowest BCUT2D eigenvalue weighted by Crippen LogP contribution is -2.35. The van der Waals surface area contributed by atoms with E-state index < -0.39 is 0 Å². The molecule has 2 heterocycles. The van der Waals surface area contributed by atoms with Gasteiger partial charge in [-0.2, -0.15) is 0 Å². The molecule has 22 heavy (non-hydrogen) atoms. The summed E-state index contributed by atoms with van der Waals surface area (Å²) in [6, 6.07) is 3.88. The Morgan fingerprint density at radius 3 is 2.82 bits per heavy atom. The highest BCUT2D eigenvalue weighted by molar-refractivity contribution is 5.79. The van der Waals surface area contributed by atoms with Crippen LogP contribution in [-0.2, 0) is 4.79 Å². The molecule has 0 radical (unpaired) electrons. The maximum Gasteiger partial charge on any atom is 0.225 e. The first-order valence-electron chi connectivity index (χ1n) is 8.67. The fraction of sp³-hybridized carbons (Fsp3) is 0.667. The van der Waals surface area contributed by atoms with E-state index in [4.69, 9.17) is 4.74 Å². The van der Waals surface area contributed by atoms with Crippen molar-refractivity contribution in [3.8, 4) is 5.75 Å². The van der Waals surface area contributed by atoms with Crippen molar-refractivity contribution < 1.29 is 9.53 Å². The third-order valence-corrected chi connectivity index (χ3v) is 5.73. The molecule has 3 fully saturated rings. The number of carbonyl (C=O) groups is 1. The number of pyridine rings is 1. The van der Waals surface area contributed by atoms with Gasteiger partial charge in [-0.1, -0.05) is 12.8 Å². The Labute approximate surface area is 131 Å². The highest BCUT2D eigenvalue weighted by atomic mass is 16.5. The molecule has 2 saturated carbocycles. The standard InChI is InChI=1S/C18H24N2O2/c21-18(13-4-1-2-5-13)20-11-14-7-8-17(16(14)12-20)22-15-6-3-9-19-10-15/h3,6,9-10,13-14,16-17H,1-2,4-5,7-8,11-12H2/t14-,16+,17-/m1/s1. The van der Waals surface area contributed by atoms with Crippen LogP contribution in [0.15, 0.2) is 24.5 Å². The van der Waals surface area contributed by atoms with E-state index in [0.717, 1.165) is 38.1 Å². The first-order valence-corrected chi connectivity index (χ1v) is 8.67. The number of carbonyl (C=O) groups excluding carboxylic acids is 1. The summed E-state index contributed by atoms with van der Waals surface area (Å²) in [5.74, 6) is 2.70. The molecule has 1 amide bonds. The molecule has 1 aromatic heterocycles. The van der Waals surface area contributed by atoms with E-state index in [1.807, 2.05) is 12.1 Å². The molecule has 4 heteroatoms. The van der Waals surface area contributed by atoms with Crippen LogP contribution in [0.1, 0.15) is 38.5 Å². The number of rotatable bonds is 3. The average molecular weight is 300 g/mol. The van der Waals surface area contributed by atoms with Crippen molar-refractivity contribution in [3.05, 3.63) is 24.5 Å². The summed E-state index contributed by atoms with van der Waals surface area (Å²) in [6.45, 7) is 1.85. The summed E-state index contributed by atoms with van der Waals surface area (Å²) in [6.07, 6.45) is 10.7. The predicted molar refractivity (Wildman–Crippen MR) is 83.4 cm³/mol. The lowest BCUT2D eigenvalue weighted by molar-refractivity contribution is -0.134. The number of nitrogens with zero attached hydrogens (tertiary/aromatic N) is 2. The van der Waals surface area contributed by atoms with Crippen LogP contribution in [0, 0.1) is 17.8 Å². The summed E-state index contributed by atoms with van der Waals surface area (Å²) >= 11 is 0. The molecule has 4 rings (SSSR count). The molecule has 2 aliphatic carbocycles. The average Bonchev–Trinajstić information content (AvgIpc) is 3.26. The number of aromatic nitrogens is 1. The maximum absolute atomic E-state index is 12.6. The van der Waals surface area contributed by atoms with E-state index in [2.05, 4.69) is 9.88 Å². The van der Waals surface area contributed by atoms with Crippen LogP contribution in [0.2, 0.25) is 0 Å². The molecule has 0 unspecified atom stereocenters. The minimum Gasteiger partial charge on any atom is -0.488 e. The minimum absolute atomic E-state index is 0.246. The van der Waals surface area contributed by atoms with Gasteiger partial charge in [0.15, 0.2) is 0 Å². The van der Waals surface area contributed by atoms with Gasteiger partial charge in [0.25, 0.3) is 0 Å². The van der Waals surface area contributed by atoms with Gasteiger partial charge in [0.2, 0.25) is 5.91 Å². The Morgan fingerprint density at radius 2 is 2.05 bits per heavy atom. The van der Waals surface area contributed by atoms with Crippen molar-refractivity contribution in [2.45, 2.75) is 44.6 Å². The van der Waals surface area contributed by atoms with Crippen molar-refractivity contribution in [2.24, 2.45) is 17.8 Å². The van der Waals surface area contributed by atoms with E-state index in [9.17, 15) is 4.79 Å². The van der Waals surface area contributed by atoms with Gasteiger partial charge in [0, 0.05) is 31.1 Å². The van der Waals surface area contributed by atoms with Crippen LogP contribution in [0.3, 0.4) is 0 Å². The maximum atomic E-state index is 12.6. The molecular formula is C18H24N2O2. The fourth-order valence-corrected chi connectivity index (χ4v) is 4.56. The van der Waals surface area contributed by atoms with Gasteiger partial charge in [0.1, 0.15) is 11.9 Å². The highest BCUT2D eigenvalue weighted by Gasteiger charge is 2.46. The van der Waals surface area contributed by atoms with Gasteiger partial charge in [0.05, 0.1) is 6.20 Å². The summed E-state index contributed by atoms with van der Waals surface area (Å²) in [5, 5.41) is 0. The zero-order valence-corrected chi connectivity index (χ0v) is 13.0. The summed E-state index contributed by atoms with van der Waals surface area (Å²) in [7, 11) is 0. The first kappa shape index (κ1) is 14.0. The molecule has 1 saturated heterocycles. The largest absolute Gasteiger partial charge is 0.488 e. The molecule has 0 aromatic carbocycles. The van der Waals surface area contributed by atoms with E-state index in [0.29, 0.717) is 23.7 Å². The predicted octanol–water partition coefficient (Wildman–Crippen LogP) is 2.89. The van der Waals surface area contributed by atoms with Gasteiger partial charge in [-0.15, -0.1) is 0 Å². The van der Waals surface area contributed by atoms with Crippen LogP contribution in [0.5, 0.6) is 5.75 Å². The van der Waals surface area contributed by atoms with Crippen LogP contribution < -0.4 is 4.74 Å². The zero-order chi connectivity index (χ0) is 14.9. The lowest BCUT2D eigenvalue weighted by atomic mass is 9.99. The number of hydrogen-bond acceptors (Lipinski definition) is 3. The topological polar surface area (TPSA) is 42.4 Å².